The highest BCUT2D eigenvalue weighted by Gasteiger charge is 2.27. The van der Waals surface area contributed by atoms with Crippen LogP contribution in [0, 0.1) is 0 Å². The highest BCUT2D eigenvalue weighted by atomic mass is 16.5. The highest BCUT2D eigenvalue weighted by molar-refractivity contribution is 5.76. The Balaban J connectivity index is 2.68. The number of imidazole rings is 1. The summed E-state index contributed by atoms with van der Waals surface area (Å²) in [6.45, 7) is 2.09. The van der Waals surface area contributed by atoms with E-state index >= 15 is 0 Å². The van der Waals surface area contributed by atoms with Crippen LogP contribution >= 0.6 is 0 Å². The van der Waals surface area contributed by atoms with Crippen LogP contribution in [0.25, 0.3) is 0 Å². The molecule has 1 rings (SSSR count). The van der Waals surface area contributed by atoms with Gasteiger partial charge in [0.2, 0.25) is 0 Å². The number of H-pyrrole nitrogens is 1. The van der Waals surface area contributed by atoms with Gasteiger partial charge in [-0.1, -0.05) is 0 Å². The van der Waals surface area contributed by atoms with Gasteiger partial charge < -0.3 is 29.4 Å². The first-order valence-corrected chi connectivity index (χ1v) is 7.89. The summed E-state index contributed by atoms with van der Waals surface area (Å²) in [4.78, 5) is 21.1. The van der Waals surface area contributed by atoms with E-state index in [-0.39, 0.29) is 32.4 Å². The fourth-order valence-electron chi connectivity index (χ4n) is 2.22. The third-order valence-electron chi connectivity index (χ3n) is 3.39. The number of nitrogens with zero attached hydrogens (tertiary/aromatic N) is 2. The molecule has 0 bridgehead atoms. The van der Waals surface area contributed by atoms with E-state index in [0.717, 1.165) is 5.69 Å². The monoisotopic (exact) mass is 345 g/mol. The van der Waals surface area contributed by atoms with Crippen LogP contribution in [-0.2, 0) is 25.4 Å². The van der Waals surface area contributed by atoms with Gasteiger partial charge in [0.25, 0.3) is 0 Å². The average molecular weight is 345 g/mol. The molecule has 0 spiro atoms. The standard InChI is InChI=1S/C15H27N3O6/c1-22-15(21)14(10-13-11-16-12-17-13)18(2-6-23-8-4-19)3-7-24-9-5-20/h11-12,14,19-20H,2-10H2,1H3,(H,16,17)/t14-/m0/s1. The van der Waals surface area contributed by atoms with Crippen LogP contribution in [0.2, 0.25) is 0 Å². The minimum atomic E-state index is -0.520. The second kappa shape index (κ2) is 12.8. The molecule has 0 saturated carbocycles. The second-order valence-corrected chi connectivity index (χ2v) is 5.01. The van der Waals surface area contributed by atoms with Gasteiger partial charge in [-0.25, -0.2) is 4.98 Å². The van der Waals surface area contributed by atoms with Gasteiger partial charge in [-0.3, -0.25) is 9.69 Å². The molecular formula is C15H27N3O6. The summed E-state index contributed by atoms with van der Waals surface area (Å²) < 4.78 is 15.5. The molecule has 0 amide bonds. The molecule has 0 unspecified atom stereocenters. The van der Waals surface area contributed by atoms with E-state index in [0.29, 0.717) is 32.7 Å². The van der Waals surface area contributed by atoms with Crippen LogP contribution in [0.4, 0.5) is 0 Å². The van der Waals surface area contributed by atoms with Gasteiger partial charge in [0.05, 0.1) is 58.8 Å². The summed E-state index contributed by atoms with van der Waals surface area (Å²) in [5.41, 5.74) is 0.753. The van der Waals surface area contributed by atoms with Crippen LogP contribution in [0.15, 0.2) is 12.5 Å². The number of aromatic nitrogens is 2. The lowest BCUT2D eigenvalue weighted by Crippen LogP contribution is -2.46. The second-order valence-electron chi connectivity index (χ2n) is 5.01. The minimum absolute atomic E-state index is 0.0483. The largest absolute Gasteiger partial charge is 0.468 e. The first kappa shape index (κ1) is 20.5. The van der Waals surface area contributed by atoms with Crippen molar-refractivity contribution in [3.05, 3.63) is 18.2 Å². The summed E-state index contributed by atoms with van der Waals surface area (Å²) in [6.07, 6.45) is 3.69. The average Bonchev–Trinajstić information content (AvgIpc) is 3.11. The van der Waals surface area contributed by atoms with Gasteiger partial charge in [0.15, 0.2) is 0 Å². The molecule has 0 radical (unpaired) electrons. The molecule has 1 atom stereocenters. The van der Waals surface area contributed by atoms with Gasteiger partial charge in [-0.2, -0.15) is 0 Å². The van der Waals surface area contributed by atoms with Gasteiger partial charge >= 0.3 is 5.97 Å². The molecular weight excluding hydrogens is 318 g/mol. The van der Waals surface area contributed by atoms with E-state index in [1.807, 2.05) is 4.90 Å². The summed E-state index contributed by atoms with van der Waals surface area (Å²) >= 11 is 0. The number of aliphatic hydroxyl groups is 2. The number of hydrogen-bond donors (Lipinski definition) is 3. The zero-order chi connectivity index (χ0) is 17.6. The van der Waals surface area contributed by atoms with E-state index in [1.165, 1.54) is 7.11 Å². The number of methoxy groups -OCH3 is 1. The molecule has 0 aliphatic rings. The maximum Gasteiger partial charge on any atom is 0.323 e. The topological polar surface area (TPSA) is 117 Å². The number of rotatable bonds is 14. The van der Waals surface area contributed by atoms with Crippen molar-refractivity contribution in [2.45, 2.75) is 12.5 Å². The third-order valence-corrected chi connectivity index (χ3v) is 3.39. The smallest absolute Gasteiger partial charge is 0.323 e. The molecule has 0 aliphatic carbocycles. The number of carbonyl (C=O) groups excluding carboxylic acids is 1. The zero-order valence-corrected chi connectivity index (χ0v) is 14.0. The Hall–Kier alpha value is -1.52. The van der Waals surface area contributed by atoms with Crippen LogP contribution in [-0.4, -0.2) is 96.9 Å². The normalized spacial score (nSPS) is 12.5. The first-order valence-electron chi connectivity index (χ1n) is 7.89. The molecule has 24 heavy (non-hydrogen) atoms. The summed E-state index contributed by atoms with van der Waals surface area (Å²) in [7, 11) is 1.35. The molecule has 9 nitrogen and oxygen atoms in total. The Kier molecular flexibility index (Phi) is 11.0. The minimum Gasteiger partial charge on any atom is -0.468 e. The number of esters is 1. The Bertz CT molecular complexity index is 417. The van der Waals surface area contributed by atoms with Crippen molar-refractivity contribution in [1.29, 1.82) is 0 Å². The SMILES string of the molecule is COC(=O)[C@H](Cc1c[nH]cn1)N(CCOCCO)CCOCCO. The maximum atomic E-state index is 12.2. The molecule has 9 heteroatoms. The van der Waals surface area contributed by atoms with Crippen LogP contribution in [0.5, 0.6) is 0 Å². The van der Waals surface area contributed by atoms with Gasteiger partial charge in [0, 0.05) is 25.7 Å². The van der Waals surface area contributed by atoms with Crippen molar-refractivity contribution in [3.63, 3.8) is 0 Å². The van der Waals surface area contributed by atoms with Crippen LogP contribution in [0.1, 0.15) is 5.69 Å². The van der Waals surface area contributed by atoms with Crippen LogP contribution < -0.4 is 0 Å². The first-order chi connectivity index (χ1) is 11.7. The Labute approximate surface area is 141 Å². The third kappa shape index (κ3) is 7.84. The molecule has 0 saturated heterocycles. The van der Waals surface area contributed by atoms with Gasteiger partial charge in [-0.15, -0.1) is 0 Å². The van der Waals surface area contributed by atoms with E-state index < -0.39 is 6.04 Å². The molecule has 138 valence electrons. The predicted octanol–water partition coefficient (Wildman–Crippen LogP) is -1.19. The number of ether oxygens (including phenoxy) is 3. The lowest BCUT2D eigenvalue weighted by atomic mass is 10.1. The summed E-state index contributed by atoms with van der Waals surface area (Å²) in [5, 5.41) is 17.5. The van der Waals surface area contributed by atoms with Crippen molar-refractivity contribution in [3.8, 4) is 0 Å². The lowest BCUT2D eigenvalue weighted by molar-refractivity contribution is -0.147. The van der Waals surface area contributed by atoms with E-state index in [9.17, 15) is 4.79 Å². The van der Waals surface area contributed by atoms with Crippen molar-refractivity contribution in [2.75, 3.05) is 59.8 Å². The number of aromatic amines is 1. The van der Waals surface area contributed by atoms with E-state index in [1.54, 1.807) is 12.5 Å². The molecule has 1 aromatic heterocycles. The molecule has 0 aromatic carbocycles. The Morgan fingerprint density at radius 1 is 1.21 bits per heavy atom. The van der Waals surface area contributed by atoms with Gasteiger partial charge in [0.1, 0.15) is 6.04 Å². The van der Waals surface area contributed by atoms with Crippen molar-refractivity contribution in [2.24, 2.45) is 0 Å². The molecule has 1 aromatic rings. The summed E-state index contributed by atoms with van der Waals surface area (Å²) in [5.74, 6) is -0.359. The number of hydrogen-bond acceptors (Lipinski definition) is 8. The predicted molar refractivity (Wildman–Crippen MR) is 85.5 cm³/mol. The molecule has 0 aliphatic heterocycles. The lowest BCUT2D eigenvalue weighted by Gasteiger charge is -2.29. The van der Waals surface area contributed by atoms with Crippen molar-refractivity contribution >= 4 is 5.97 Å². The van der Waals surface area contributed by atoms with Gasteiger partial charge in [-0.05, 0) is 0 Å². The molecule has 3 N–H and O–H groups in total. The Morgan fingerprint density at radius 3 is 2.29 bits per heavy atom. The number of nitrogens with one attached hydrogen (secondary N) is 1. The van der Waals surface area contributed by atoms with E-state index in [2.05, 4.69) is 9.97 Å². The Morgan fingerprint density at radius 2 is 1.83 bits per heavy atom. The quantitative estimate of drug-likeness (QED) is 0.285. The number of aliphatic hydroxyl groups excluding tert-OH is 2. The van der Waals surface area contributed by atoms with E-state index in [4.69, 9.17) is 24.4 Å². The van der Waals surface area contributed by atoms with Crippen LogP contribution in [0.3, 0.4) is 0 Å². The van der Waals surface area contributed by atoms with Crippen molar-refractivity contribution in [1.82, 2.24) is 14.9 Å². The fraction of sp³-hybridized carbons (Fsp3) is 0.733. The fourth-order valence-corrected chi connectivity index (χ4v) is 2.22. The number of carbonyl (C=O) groups is 1. The summed E-state index contributed by atoms with van der Waals surface area (Å²) in [6, 6.07) is -0.520. The molecule has 0 fully saturated rings. The zero-order valence-electron chi connectivity index (χ0n) is 14.0. The highest BCUT2D eigenvalue weighted by Crippen LogP contribution is 2.09. The molecule has 1 heterocycles. The van der Waals surface area contributed by atoms with Crippen molar-refractivity contribution < 1.29 is 29.2 Å². The maximum absolute atomic E-state index is 12.2.